The molecule has 0 saturated heterocycles. The zero-order valence-electron chi connectivity index (χ0n) is 21.9. The Morgan fingerprint density at radius 1 is 0.571 bits per heavy atom. The molecule has 3 aromatic carbocycles. The number of hydrogen-bond acceptors (Lipinski definition) is 6. The van der Waals surface area contributed by atoms with Crippen molar-refractivity contribution in [2.75, 3.05) is 0 Å². The lowest BCUT2D eigenvalue weighted by Crippen LogP contribution is -2.25. The van der Waals surface area contributed by atoms with Gasteiger partial charge in [-0.3, -0.25) is 0 Å². The third kappa shape index (κ3) is 3.44. The molecule has 0 bridgehead atoms. The molecule has 0 N–H and O–H groups in total. The lowest BCUT2D eigenvalue weighted by atomic mass is 9.90. The summed E-state index contributed by atoms with van der Waals surface area (Å²) in [7, 11) is 0. The van der Waals surface area contributed by atoms with Crippen LogP contribution in [0.15, 0.2) is 73.3 Å². The Hall–Kier alpha value is -6.48. The van der Waals surface area contributed by atoms with Crippen LogP contribution in [-0.4, -0.2) is 19.9 Å². The third-order valence-corrected chi connectivity index (χ3v) is 7.83. The maximum absolute atomic E-state index is 10.2. The SMILES string of the molecule is [C-]#[N+]/C(C#N)=c1/c2c(/c(=C(\C#N)[N+]#[C-])c3c1-c1cccc(-c4ncccn4)c1C3)-c1cccc(-c3ncccn3)c1C2. The average molecular weight is 537 g/mol. The van der Waals surface area contributed by atoms with Crippen molar-refractivity contribution < 1.29 is 0 Å². The van der Waals surface area contributed by atoms with E-state index in [4.69, 9.17) is 13.1 Å². The van der Waals surface area contributed by atoms with Crippen molar-refractivity contribution in [3.63, 3.8) is 0 Å². The predicted molar refractivity (Wildman–Crippen MR) is 155 cm³/mol. The van der Waals surface area contributed by atoms with Crippen LogP contribution in [0.5, 0.6) is 0 Å². The summed E-state index contributed by atoms with van der Waals surface area (Å²) < 4.78 is 0. The molecule has 0 aliphatic heterocycles. The van der Waals surface area contributed by atoms with Crippen molar-refractivity contribution in [2.45, 2.75) is 12.8 Å². The molecule has 0 radical (unpaired) electrons. The van der Waals surface area contributed by atoms with E-state index in [-0.39, 0.29) is 11.4 Å². The summed E-state index contributed by atoms with van der Waals surface area (Å²) in [5.74, 6) is 1.11. The molecule has 0 unspecified atom stereocenters. The lowest BCUT2D eigenvalue weighted by Gasteiger charge is -2.13. The van der Waals surface area contributed by atoms with Gasteiger partial charge in [0.25, 0.3) is 11.4 Å². The molecule has 2 aromatic heterocycles. The summed E-state index contributed by atoms with van der Waals surface area (Å²) in [6, 6.07) is 19.4. The second-order valence-electron chi connectivity index (χ2n) is 9.76. The van der Waals surface area contributed by atoms with E-state index < -0.39 is 0 Å². The summed E-state index contributed by atoms with van der Waals surface area (Å²) in [4.78, 5) is 25.2. The van der Waals surface area contributed by atoms with E-state index in [0.717, 1.165) is 44.5 Å². The molecule has 0 atom stereocenters. The highest BCUT2D eigenvalue weighted by Crippen LogP contribution is 2.44. The van der Waals surface area contributed by atoms with Crippen LogP contribution in [0.25, 0.3) is 66.1 Å². The molecule has 7 rings (SSSR count). The number of rotatable bonds is 2. The van der Waals surface area contributed by atoms with Crippen LogP contribution in [0.4, 0.5) is 0 Å². The minimum Gasteiger partial charge on any atom is -0.237 e. The molecule has 2 aliphatic carbocycles. The Bertz CT molecular complexity index is 2080. The Morgan fingerprint density at radius 3 is 1.31 bits per heavy atom. The normalized spacial score (nSPS) is 13.2. The first-order valence-corrected chi connectivity index (χ1v) is 13.0. The summed E-state index contributed by atoms with van der Waals surface area (Å²) in [5.41, 5.74) is 8.07. The molecule has 0 spiro atoms. The molecule has 0 saturated carbocycles. The van der Waals surface area contributed by atoms with Crippen LogP contribution in [0, 0.1) is 35.8 Å². The number of aromatic nitrogens is 4. The van der Waals surface area contributed by atoms with Gasteiger partial charge in [-0.25, -0.2) is 40.1 Å². The van der Waals surface area contributed by atoms with Gasteiger partial charge >= 0.3 is 0 Å². The Kier molecular flexibility index (Phi) is 5.62. The van der Waals surface area contributed by atoms with Crippen molar-refractivity contribution in [1.29, 1.82) is 10.5 Å². The molecule has 5 aromatic rings. The van der Waals surface area contributed by atoms with Gasteiger partial charge < -0.3 is 0 Å². The highest BCUT2D eigenvalue weighted by molar-refractivity contribution is 5.95. The Balaban J connectivity index is 1.66. The number of hydrogen-bond donors (Lipinski definition) is 0. The van der Waals surface area contributed by atoms with Crippen molar-refractivity contribution in [2.24, 2.45) is 0 Å². The standard InChI is InChI=1S/C34H16N8/c1-37-27(17-35)31-25-15-23-20(8-4-10-21(23)33-39-11-5-12-40-33)30(25)32(28(18-36)38-2)26-16-24-19(29(26)31)7-3-9-22(24)34-41-13-6-14-42-34/h3-14H,15-16H2/b31-27-,32-28+. The first-order chi connectivity index (χ1) is 20.7. The van der Waals surface area contributed by atoms with E-state index in [2.05, 4.69) is 41.8 Å². The van der Waals surface area contributed by atoms with Crippen LogP contribution in [0.3, 0.4) is 0 Å². The van der Waals surface area contributed by atoms with Gasteiger partial charge in [-0.05, 0) is 69.5 Å². The number of benzene rings is 3. The second-order valence-corrected chi connectivity index (χ2v) is 9.76. The Morgan fingerprint density at radius 2 is 0.952 bits per heavy atom. The number of nitriles is 2. The van der Waals surface area contributed by atoms with Crippen molar-refractivity contribution in [3.8, 4) is 57.2 Å². The minimum atomic E-state index is -0.0325. The van der Waals surface area contributed by atoms with E-state index in [1.165, 1.54) is 0 Å². The summed E-state index contributed by atoms with van der Waals surface area (Å²) in [5, 5.41) is 21.5. The summed E-state index contributed by atoms with van der Waals surface area (Å²) in [6.45, 7) is 15.9. The van der Waals surface area contributed by atoms with Gasteiger partial charge in [-0.1, -0.05) is 36.4 Å². The highest BCUT2D eigenvalue weighted by atomic mass is 14.9. The molecular formula is C34H16N8. The van der Waals surface area contributed by atoms with Crippen molar-refractivity contribution >= 4 is 11.4 Å². The summed E-state index contributed by atoms with van der Waals surface area (Å²) >= 11 is 0. The van der Waals surface area contributed by atoms with E-state index in [1.807, 2.05) is 36.4 Å². The fraction of sp³-hybridized carbons (Fsp3) is 0.0588. The monoisotopic (exact) mass is 536 g/mol. The molecule has 2 aliphatic rings. The molecule has 8 heteroatoms. The van der Waals surface area contributed by atoms with Gasteiger partial charge in [-0.15, -0.1) is 0 Å². The first kappa shape index (κ1) is 24.6. The zero-order chi connectivity index (χ0) is 28.8. The maximum atomic E-state index is 10.2. The molecule has 192 valence electrons. The van der Waals surface area contributed by atoms with Gasteiger partial charge in [0.05, 0.1) is 25.3 Å². The quantitative estimate of drug-likeness (QED) is 0.293. The van der Waals surface area contributed by atoms with Crippen LogP contribution >= 0.6 is 0 Å². The number of nitrogens with zero attached hydrogens (tertiary/aromatic N) is 8. The Labute approximate surface area is 240 Å². The van der Waals surface area contributed by atoms with Gasteiger partial charge in [-0.2, -0.15) is 0 Å². The predicted octanol–water partition coefficient (Wildman–Crippen LogP) is 4.85. The van der Waals surface area contributed by atoms with E-state index in [1.54, 1.807) is 36.9 Å². The molecule has 0 amide bonds. The fourth-order valence-electron chi connectivity index (χ4n) is 6.27. The van der Waals surface area contributed by atoms with E-state index in [0.29, 0.717) is 46.1 Å². The average Bonchev–Trinajstić information content (AvgIpc) is 3.63. The van der Waals surface area contributed by atoms with Gasteiger partial charge in [0.15, 0.2) is 11.6 Å². The van der Waals surface area contributed by atoms with E-state index >= 15 is 0 Å². The van der Waals surface area contributed by atoms with Gasteiger partial charge in [0.1, 0.15) is 0 Å². The first-order valence-electron chi connectivity index (χ1n) is 13.0. The van der Waals surface area contributed by atoms with Crippen LogP contribution < -0.4 is 10.4 Å². The topological polar surface area (TPSA) is 108 Å². The van der Waals surface area contributed by atoms with Crippen LogP contribution in [-0.2, 0) is 12.8 Å². The molecule has 8 nitrogen and oxygen atoms in total. The second kappa shape index (κ2) is 9.61. The van der Waals surface area contributed by atoms with Crippen LogP contribution in [0.2, 0.25) is 0 Å². The maximum Gasteiger partial charge on any atom is 0.269 e. The molecule has 2 heterocycles. The lowest BCUT2D eigenvalue weighted by molar-refractivity contribution is 1.14. The minimum absolute atomic E-state index is 0.0325. The van der Waals surface area contributed by atoms with Gasteiger partial charge in [0.2, 0.25) is 0 Å². The molecular weight excluding hydrogens is 520 g/mol. The summed E-state index contributed by atoms with van der Waals surface area (Å²) in [6.07, 6.45) is 7.51. The number of fused-ring (bicyclic) bond motifs is 6. The molecule has 0 fully saturated rings. The van der Waals surface area contributed by atoms with Crippen molar-refractivity contribution in [1.82, 2.24) is 19.9 Å². The largest absolute Gasteiger partial charge is 0.269 e. The zero-order valence-corrected chi connectivity index (χ0v) is 21.9. The van der Waals surface area contributed by atoms with Crippen molar-refractivity contribution in [3.05, 3.63) is 129 Å². The smallest absolute Gasteiger partial charge is 0.237 e. The van der Waals surface area contributed by atoms with Gasteiger partial charge in [0, 0.05) is 46.4 Å². The third-order valence-electron chi connectivity index (χ3n) is 7.83. The van der Waals surface area contributed by atoms with E-state index in [9.17, 15) is 10.5 Å². The molecule has 42 heavy (non-hydrogen) atoms. The highest BCUT2D eigenvalue weighted by Gasteiger charge is 2.34. The van der Waals surface area contributed by atoms with Crippen LogP contribution in [0.1, 0.15) is 22.3 Å². The fourth-order valence-corrected chi connectivity index (χ4v) is 6.27.